The van der Waals surface area contributed by atoms with Gasteiger partial charge in [0, 0.05) is 17.5 Å². The summed E-state index contributed by atoms with van der Waals surface area (Å²) >= 11 is 9.51. The van der Waals surface area contributed by atoms with E-state index in [1.54, 1.807) is 0 Å². The Hall–Kier alpha value is -3.32. The van der Waals surface area contributed by atoms with Gasteiger partial charge >= 0.3 is 0 Å². The summed E-state index contributed by atoms with van der Waals surface area (Å²) in [5.74, 6) is -8.26. The Bertz CT molecular complexity index is 876. The molecule has 0 saturated carbocycles. The number of nitrogens with zero attached hydrogens (tertiary/aromatic N) is 1. The Kier molecular flexibility index (Phi) is 5.11. The summed E-state index contributed by atoms with van der Waals surface area (Å²) in [4.78, 5) is 60.8. The molecule has 2 fully saturated rings. The van der Waals surface area contributed by atoms with Gasteiger partial charge in [0.15, 0.2) is 10.2 Å². The van der Waals surface area contributed by atoms with Gasteiger partial charge in [-0.25, -0.2) is 0 Å². The predicted octanol–water partition coefficient (Wildman–Crippen LogP) is -1.03. The first-order valence-electron chi connectivity index (χ1n) is 7.75. The van der Waals surface area contributed by atoms with Crippen LogP contribution >= 0.6 is 24.4 Å². The van der Waals surface area contributed by atoms with Crippen LogP contribution in [-0.2, 0) is 19.2 Å². The van der Waals surface area contributed by atoms with Crippen molar-refractivity contribution in [1.29, 1.82) is 0 Å². The van der Waals surface area contributed by atoms with Crippen LogP contribution in [0.15, 0.2) is 24.3 Å². The van der Waals surface area contributed by atoms with E-state index in [9.17, 15) is 29.3 Å². The van der Waals surface area contributed by atoms with Crippen molar-refractivity contribution in [1.82, 2.24) is 21.3 Å². The van der Waals surface area contributed by atoms with Crippen molar-refractivity contribution in [2.24, 2.45) is 11.8 Å². The molecule has 2 heterocycles. The molecule has 0 bridgehead atoms. The molecule has 0 atom stereocenters. The third-order valence-electron chi connectivity index (χ3n) is 4.29. The summed E-state index contributed by atoms with van der Waals surface area (Å²) in [5.41, 5.74) is -0.575. The van der Waals surface area contributed by atoms with Crippen molar-refractivity contribution in [3.8, 4) is 0 Å². The van der Waals surface area contributed by atoms with Crippen LogP contribution < -0.4 is 21.3 Å². The molecule has 1 aromatic rings. The highest BCUT2D eigenvalue weighted by atomic mass is 32.1. The van der Waals surface area contributed by atoms with Gasteiger partial charge in [-0.1, -0.05) is 18.2 Å². The largest absolute Gasteiger partial charge is 0.302 e. The molecular formula is C15H11N5O6S2. The number of carbonyl (C=O) groups is 4. The molecule has 3 rings (SSSR count). The summed E-state index contributed by atoms with van der Waals surface area (Å²) in [6.07, 6.45) is 0. The molecule has 11 nitrogen and oxygen atoms in total. The van der Waals surface area contributed by atoms with E-state index in [1.807, 2.05) is 0 Å². The number of nitro groups is 1. The molecule has 0 radical (unpaired) electrons. The number of nitrogens with one attached hydrogen (secondary N) is 4. The number of hydrogen-bond acceptors (Lipinski definition) is 8. The number of hydrogen-bond donors (Lipinski definition) is 4. The Labute approximate surface area is 167 Å². The van der Waals surface area contributed by atoms with Crippen LogP contribution in [-0.4, -0.2) is 38.8 Å². The van der Waals surface area contributed by atoms with Crippen LogP contribution in [0.4, 0.5) is 5.69 Å². The quantitative estimate of drug-likeness (QED) is 0.208. The van der Waals surface area contributed by atoms with E-state index in [1.165, 1.54) is 18.2 Å². The van der Waals surface area contributed by atoms with Crippen LogP contribution in [0, 0.1) is 22.0 Å². The van der Waals surface area contributed by atoms with Gasteiger partial charge in [-0.2, -0.15) is 0 Å². The Morgan fingerprint density at radius 1 is 0.821 bits per heavy atom. The number of rotatable bonds is 4. The average molecular weight is 421 g/mol. The maximum absolute atomic E-state index is 12.5. The first kappa shape index (κ1) is 19.4. The van der Waals surface area contributed by atoms with Crippen LogP contribution in [0.1, 0.15) is 11.5 Å². The summed E-state index contributed by atoms with van der Waals surface area (Å²) in [6, 6.07) is 5.24. The monoisotopic (exact) mass is 421 g/mol. The van der Waals surface area contributed by atoms with E-state index in [2.05, 4.69) is 21.3 Å². The molecule has 28 heavy (non-hydrogen) atoms. The van der Waals surface area contributed by atoms with Gasteiger partial charge in [0.05, 0.1) is 4.92 Å². The summed E-state index contributed by atoms with van der Waals surface area (Å²) in [5, 5.41) is 19.9. The van der Waals surface area contributed by atoms with Crippen molar-refractivity contribution in [3.63, 3.8) is 0 Å². The SMILES string of the molecule is O=C1NC(=S)NC(=O)C1C(c1ccccc1[N+](=O)[O-])C1C(=O)NC(=S)NC1=O. The van der Waals surface area contributed by atoms with E-state index < -0.39 is 52.0 Å². The lowest BCUT2D eigenvalue weighted by molar-refractivity contribution is -0.385. The molecule has 0 aromatic heterocycles. The van der Waals surface area contributed by atoms with E-state index >= 15 is 0 Å². The average Bonchev–Trinajstić information content (AvgIpc) is 2.58. The summed E-state index contributed by atoms with van der Waals surface area (Å²) in [7, 11) is 0. The normalized spacial score (nSPS) is 18.5. The van der Waals surface area contributed by atoms with Crippen molar-refractivity contribution >= 4 is 64.0 Å². The maximum Gasteiger partial charge on any atom is 0.272 e. The highest BCUT2D eigenvalue weighted by molar-refractivity contribution is 7.80. The molecule has 2 aliphatic heterocycles. The van der Waals surface area contributed by atoms with E-state index in [0.717, 1.165) is 6.07 Å². The number of amides is 4. The highest BCUT2D eigenvalue weighted by Crippen LogP contribution is 2.39. The van der Waals surface area contributed by atoms with Crippen molar-refractivity contribution < 1.29 is 24.1 Å². The lowest BCUT2D eigenvalue weighted by Gasteiger charge is -2.34. The molecule has 4 amide bonds. The minimum absolute atomic E-state index is 0.126. The molecule has 0 aliphatic carbocycles. The van der Waals surface area contributed by atoms with Crippen molar-refractivity contribution in [2.45, 2.75) is 5.92 Å². The molecule has 4 N–H and O–H groups in total. The van der Waals surface area contributed by atoms with E-state index in [4.69, 9.17) is 24.4 Å². The van der Waals surface area contributed by atoms with Crippen LogP contribution in [0.2, 0.25) is 0 Å². The second-order valence-electron chi connectivity index (χ2n) is 5.91. The standard InChI is InChI=1S/C15H11N5O6S2/c21-10-8(11(22)17-14(27)16-10)7(5-3-1-2-4-6(5)20(25)26)9-12(23)18-15(28)19-13(9)24/h1-4,7-9H,(H2,16,17,21,22,27)(H2,18,19,23,24,28). The third kappa shape index (κ3) is 3.44. The minimum Gasteiger partial charge on any atom is -0.302 e. The fourth-order valence-electron chi connectivity index (χ4n) is 3.20. The maximum atomic E-state index is 12.5. The van der Waals surface area contributed by atoms with Gasteiger partial charge in [-0.15, -0.1) is 0 Å². The second kappa shape index (κ2) is 7.36. The number of para-hydroxylation sites is 1. The number of benzene rings is 1. The summed E-state index contributed by atoms with van der Waals surface area (Å²) in [6.45, 7) is 0. The molecule has 13 heteroatoms. The fourth-order valence-corrected chi connectivity index (χ4v) is 3.60. The zero-order chi connectivity index (χ0) is 20.6. The zero-order valence-electron chi connectivity index (χ0n) is 13.8. The van der Waals surface area contributed by atoms with E-state index in [0.29, 0.717) is 0 Å². The highest BCUT2D eigenvalue weighted by Gasteiger charge is 2.51. The molecule has 0 unspecified atom stereocenters. The van der Waals surface area contributed by atoms with E-state index in [-0.39, 0.29) is 15.8 Å². The number of nitro benzene ring substituents is 1. The second-order valence-corrected chi connectivity index (χ2v) is 6.73. The summed E-state index contributed by atoms with van der Waals surface area (Å²) < 4.78 is 0. The smallest absolute Gasteiger partial charge is 0.272 e. The lowest BCUT2D eigenvalue weighted by Crippen LogP contribution is -2.62. The van der Waals surface area contributed by atoms with Crippen molar-refractivity contribution in [3.05, 3.63) is 39.9 Å². The van der Waals surface area contributed by atoms with Gasteiger partial charge in [0.2, 0.25) is 23.6 Å². The topological polar surface area (TPSA) is 160 Å². The first-order valence-corrected chi connectivity index (χ1v) is 8.57. The van der Waals surface area contributed by atoms with Gasteiger partial charge in [-0.05, 0) is 24.4 Å². The fraction of sp³-hybridized carbons (Fsp3) is 0.200. The molecule has 1 aromatic carbocycles. The van der Waals surface area contributed by atoms with Crippen LogP contribution in [0.25, 0.3) is 0 Å². The molecule has 144 valence electrons. The molecule has 2 aliphatic rings. The molecule has 2 saturated heterocycles. The predicted molar refractivity (Wildman–Crippen MR) is 101 cm³/mol. The van der Waals surface area contributed by atoms with Gasteiger partial charge in [0.25, 0.3) is 5.69 Å². The third-order valence-corrected chi connectivity index (χ3v) is 4.70. The Morgan fingerprint density at radius 2 is 1.21 bits per heavy atom. The zero-order valence-corrected chi connectivity index (χ0v) is 15.4. The van der Waals surface area contributed by atoms with Crippen molar-refractivity contribution in [2.75, 3.05) is 0 Å². The Balaban J connectivity index is 2.19. The minimum atomic E-state index is -1.62. The van der Waals surface area contributed by atoms with Gasteiger partial charge in [0.1, 0.15) is 11.8 Å². The lowest BCUT2D eigenvalue weighted by atomic mass is 9.73. The first-order chi connectivity index (χ1) is 13.2. The molecule has 0 spiro atoms. The number of carbonyl (C=O) groups excluding carboxylic acids is 4. The van der Waals surface area contributed by atoms with Crippen LogP contribution in [0.5, 0.6) is 0 Å². The number of thiocarbonyl (C=S) groups is 2. The Morgan fingerprint density at radius 3 is 1.61 bits per heavy atom. The van der Waals surface area contributed by atoms with Gasteiger partial charge < -0.3 is 21.3 Å². The van der Waals surface area contributed by atoms with Gasteiger partial charge in [-0.3, -0.25) is 29.3 Å². The molecular weight excluding hydrogens is 410 g/mol. The van der Waals surface area contributed by atoms with Crippen LogP contribution in [0.3, 0.4) is 0 Å².